The van der Waals surface area contributed by atoms with Crippen LogP contribution in [0.4, 0.5) is 4.79 Å². The molecule has 2 aliphatic rings. The second-order valence-electron chi connectivity index (χ2n) is 6.27. The average molecular weight is 280 g/mol. The Hall–Kier alpha value is -1.06. The Balaban J connectivity index is 1.96. The largest absolute Gasteiger partial charge is 0.325 e. The van der Waals surface area contributed by atoms with Gasteiger partial charge >= 0.3 is 6.03 Å². The number of carbonyl (C=O) groups excluding carboxylic acids is 2. The maximum absolute atomic E-state index is 12.3. The van der Waals surface area contributed by atoms with Crippen molar-refractivity contribution >= 4 is 11.9 Å². The van der Waals surface area contributed by atoms with Gasteiger partial charge in [-0.1, -0.05) is 58.3 Å². The van der Waals surface area contributed by atoms with Crippen molar-refractivity contribution in [3.63, 3.8) is 0 Å². The molecule has 0 aromatic carbocycles. The fraction of sp³-hybridized carbons (Fsp3) is 0.875. The fourth-order valence-corrected chi connectivity index (χ4v) is 3.60. The Bertz CT molecular complexity index is 346. The molecule has 1 aliphatic heterocycles. The molecule has 2 rings (SSSR count). The standard InChI is InChI=1S/C16H28N2O2/c1-2-3-4-7-10-13-18-15(20)17-14(19)16(18)11-8-5-6-9-12-16/h2-13H2,1H3,(H,17,19,20). The first kappa shape index (κ1) is 15.3. The normalized spacial score (nSPS) is 22.1. The summed E-state index contributed by atoms with van der Waals surface area (Å²) in [6, 6.07) is -0.160. The summed E-state index contributed by atoms with van der Waals surface area (Å²) in [6.07, 6.45) is 12.1. The summed E-state index contributed by atoms with van der Waals surface area (Å²) < 4.78 is 0. The van der Waals surface area contributed by atoms with Crippen molar-refractivity contribution in [2.24, 2.45) is 0 Å². The number of carbonyl (C=O) groups is 2. The second-order valence-corrected chi connectivity index (χ2v) is 6.27. The maximum Gasteiger partial charge on any atom is 0.325 e. The van der Waals surface area contributed by atoms with E-state index in [0.717, 1.165) is 45.1 Å². The third-order valence-electron chi connectivity index (χ3n) is 4.82. The van der Waals surface area contributed by atoms with Gasteiger partial charge in [-0.25, -0.2) is 4.79 Å². The number of imide groups is 1. The lowest BCUT2D eigenvalue weighted by molar-refractivity contribution is -0.127. The quantitative estimate of drug-likeness (QED) is 0.597. The van der Waals surface area contributed by atoms with E-state index in [4.69, 9.17) is 0 Å². The zero-order valence-electron chi connectivity index (χ0n) is 12.7. The Morgan fingerprint density at radius 2 is 1.65 bits per heavy atom. The van der Waals surface area contributed by atoms with Gasteiger partial charge in [0, 0.05) is 6.54 Å². The van der Waals surface area contributed by atoms with Gasteiger partial charge in [0.2, 0.25) is 0 Å². The Labute approximate surface area is 122 Å². The summed E-state index contributed by atoms with van der Waals surface area (Å²) in [5.74, 6) is -0.0436. The molecule has 1 saturated carbocycles. The first-order chi connectivity index (χ1) is 9.70. The predicted octanol–water partition coefficient (Wildman–Crippen LogP) is 3.60. The number of hydrogen-bond donors (Lipinski definition) is 1. The molecule has 20 heavy (non-hydrogen) atoms. The lowest BCUT2D eigenvalue weighted by atomic mass is 9.88. The topological polar surface area (TPSA) is 49.4 Å². The van der Waals surface area contributed by atoms with Crippen LogP contribution in [0.1, 0.15) is 77.6 Å². The van der Waals surface area contributed by atoms with Crippen molar-refractivity contribution in [2.45, 2.75) is 83.1 Å². The van der Waals surface area contributed by atoms with Gasteiger partial charge in [-0.15, -0.1) is 0 Å². The summed E-state index contributed by atoms with van der Waals surface area (Å²) in [5, 5.41) is 2.56. The highest BCUT2D eigenvalue weighted by Gasteiger charge is 2.51. The van der Waals surface area contributed by atoms with Gasteiger partial charge in [0.05, 0.1) is 0 Å². The Kier molecular flexibility index (Phi) is 5.44. The molecule has 0 atom stereocenters. The minimum absolute atomic E-state index is 0.0436. The van der Waals surface area contributed by atoms with Crippen LogP contribution in [0.15, 0.2) is 0 Å². The van der Waals surface area contributed by atoms with Gasteiger partial charge < -0.3 is 4.90 Å². The van der Waals surface area contributed by atoms with E-state index in [1.807, 2.05) is 4.90 Å². The van der Waals surface area contributed by atoms with Gasteiger partial charge in [-0.3, -0.25) is 10.1 Å². The smallest absolute Gasteiger partial charge is 0.310 e. The van der Waals surface area contributed by atoms with Crippen molar-refractivity contribution in [1.29, 1.82) is 0 Å². The van der Waals surface area contributed by atoms with Gasteiger partial charge in [-0.2, -0.15) is 0 Å². The molecule has 0 bridgehead atoms. The lowest BCUT2D eigenvalue weighted by Crippen LogP contribution is -2.49. The summed E-state index contributed by atoms with van der Waals surface area (Å²) in [5.41, 5.74) is -0.516. The molecule has 1 heterocycles. The molecule has 1 N–H and O–H groups in total. The molecule has 4 heteroatoms. The number of nitrogens with zero attached hydrogens (tertiary/aromatic N) is 1. The van der Waals surface area contributed by atoms with Crippen LogP contribution in [0.25, 0.3) is 0 Å². The monoisotopic (exact) mass is 280 g/mol. The van der Waals surface area contributed by atoms with Gasteiger partial charge in [-0.05, 0) is 19.3 Å². The summed E-state index contributed by atoms with van der Waals surface area (Å²) in [7, 11) is 0. The van der Waals surface area contributed by atoms with E-state index in [1.165, 1.54) is 32.1 Å². The highest BCUT2D eigenvalue weighted by molar-refractivity contribution is 6.07. The van der Waals surface area contributed by atoms with Crippen molar-refractivity contribution < 1.29 is 9.59 Å². The zero-order valence-corrected chi connectivity index (χ0v) is 12.7. The average Bonchev–Trinajstić information content (AvgIpc) is 2.63. The molecule has 3 amide bonds. The summed E-state index contributed by atoms with van der Waals surface area (Å²) in [6.45, 7) is 2.94. The molecule has 0 unspecified atom stereocenters. The van der Waals surface area contributed by atoms with E-state index in [0.29, 0.717) is 0 Å². The second kappa shape index (κ2) is 7.09. The SMILES string of the molecule is CCCCCCCN1C(=O)NC(=O)C12CCCCCC2. The van der Waals surface area contributed by atoms with Crippen molar-refractivity contribution in [2.75, 3.05) is 6.54 Å². The summed E-state index contributed by atoms with van der Waals surface area (Å²) in [4.78, 5) is 26.2. The minimum Gasteiger partial charge on any atom is -0.310 e. The van der Waals surface area contributed by atoms with Crippen molar-refractivity contribution in [1.82, 2.24) is 10.2 Å². The first-order valence-electron chi connectivity index (χ1n) is 8.34. The van der Waals surface area contributed by atoms with E-state index in [-0.39, 0.29) is 11.9 Å². The number of nitrogens with one attached hydrogen (secondary N) is 1. The number of amides is 3. The molecule has 2 fully saturated rings. The van der Waals surface area contributed by atoms with E-state index in [1.54, 1.807) is 0 Å². The predicted molar refractivity (Wildman–Crippen MR) is 79.4 cm³/mol. The molecular formula is C16H28N2O2. The number of unbranched alkanes of at least 4 members (excludes halogenated alkanes) is 4. The third kappa shape index (κ3) is 3.15. The van der Waals surface area contributed by atoms with E-state index in [9.17, 15) is 9.59 Å². The van der Waals surface area contributed by atoms with Crippen LogP contribution in [-0.4, -0.2) is 28.9 Å². The highest BCUT2D eigenvalue weighted by Crippen LogP contribution is 2.36. The van der Waals surface area contributed by atoms with Crippen LogP contribution in [-0.2, 0) is 4.79 Å². The van der Waals surface area contributed by atoms with E-state index >= 15 is 0 Å². The minimum atomic E-state index is -0.516. The molecule has 0 radical (unpaired) electrons. The highest BCUT2D eigenvalue weighted by atomic mass is 16.2. The number of urea groups is 1. The third-order valence-corrected chi connectivity index (χ3v) is 4.82. The molecular weight excluding hydrogens is 252 g/mol. The Morgan fingerprint density at radius 1 is 1.00 bits per heavy atom. The molecule has 4 nitrogen and oxygen atoms in total. The Morgan fingerprint density at radius 3 is 2.30 bits per heavy atom. The van der Waals surface area contributed by atoms with Gasteiger partial charge in [0.25, 0.3) is 5.91 Å². The van der Waals surface area contributed by atoms with E-state index in [2.05, 4.69) is 12.2 Å². The van der Waals surface area contributed by atoms with Crippen LogP contribution in [0.3, 0.4) is 0 Å². The fourth-order valence-electron chi connectivity index (χ4n) is 3.60. The van der Waals surface area contributed by atoms with Crippen LogP contribution in [0.5, 0.6) is 0 Å². The number of hydrogen-bond acceptors (Lipinski definition) is 2. The summed E-state index contributed by atoms with van der Waals surface area (Å²) >= 11 is 0. The molecule has 1 spiro atoms. The molecule has 0 aromatic heterocycles. The molecule has 1 saturated heterocycles. The van der Waals surface area contributed by atoms with E-state index < -0.39 is 5.54 Å². The molecule has 1 aliphatic carbocycles. The van der Waals surface area contributed by atoms with Crippen LogP contribution in [0.2, 0.25) is 0 Å². The zero-order chi connectivity index (χ0) is 14.4. The van der Waals surface area contributed by atoms with Crippen LogP contribution in [0, 0.1) is 0 Å². The van der Waals surface area contributed by atoms with Crippen molar-refractivity contribution in [3.8, 4) is 0 Å². The first-order valence-corrected chi connectivity index (χ1v) is 8.34. The number of rotatable bonds is 6. The lowest BCUT2D eigenvalue weighted by Gasteiger charge is -2.34. The molecule has 0 aromatic rings. The van der Waals surface area contributed by atoms with Gasteiger partial charge in [0.1, 0.15) is 5.54 Å². The van der Waals surface area contributed by atoms with Crippen LogP contribution >= 0.6 is 0 Å². The van der Waals surface area contributed by atoms with Gasteiger partial charge in [0.15, 0.2) is 0 Å². The molecule has 114 valence electrons. The van der Waals surface area contributed by atoms with Crippen molar-refractivity contribution in [3.05, 3.63) is 0 Å². The maximum atomic E-state index is 12.3. The van der Waals surface area contributed by atoms with Crippen LogP contribution < -0.4 is 5.32 Å².